The van der Waals surface area contributed by atoms with Gasteiger partial charge in [-0.2, -0.15) is 18.2 Å². The fourth-order valence-electron chi connectivity index (χ4n) is 5.08. The first-order chi connectivity index (χ1) is 16.4. The molecule has 2 aromatic heterocycles. The molecule has 6 nitrogen and oxygen atoms in total. The maximum Gasteiger partial charge on any atom is 0.416 e. The molecule has 186 valence electrons. The fraction of sp³-hybridized carbons (Fsp3) is 0.500. The number of aromatic nitrogens is 3. The van der Waals surface area contributed by atoms with Gasteiger partial charge in [-0.3, -0.25) is 9.20 Å². The Morgan fingerprint density at radius 2 is 1.89 bits per heavy atom. The first kappa shape index (κ1) is 23.6. The number of carbonyl (C=O) groups is 1. The zero-order valence-electron chi connectivity index (χ0n) is 20.6. The van der Waals surface area contributed by atoms with Gasteiger partial charge in [0.15, 0.2) is 0 Å². The van der Waals surface area contributed by atoms with Crippen LogP contribution in [-0.4, -0.2) is 25.2 Å². The summed E-state index contributed by atoms with van der Waals surface area (Å²) in [6, 6.07) is 3.82. The summed E-state index contributed by atoms with van der Waals surface area (Å²) in [5, 5.41) is 3.35. The fourth-order valence-corrected chi connectivity index (χ4v) is 5.08. The van der Waals surface area contributed by atoms with Crippen LogP contribution in [0.1, 0.15) is 86.1 Å². The van der Waals surface area contributed by atoms with Gasteiger partial charge in [-0.1, -0.05) is 32.9 Å². The van der Waals surface area contributed by atoms with Crippen LogP contribution in [0.2, 0.25) is 0 Å². The van der Waals surface area contributed by atoms with Crippen molar-refractivity contribution >= 4 is 17.5 Å². The summed E-state index contributed by atoms with van der Waals surface area (Å²) in [7, 11) is 0. The Morgan fingerprint density at radius 3 is 2.51 bits per heavy atom. The van der Waals surface area contributed by atoms with E-state index in [0.717, 1.165) is 35.9 Å². The maximum atomic E-state index is 13.5. The first-order valence-electron chi connectivity index (χ1n) is 12.0. The normalized spacial score (nSPS) is 17.7. The Hall–Kier alpha value is -3.10. The number of imidazole rings is 1. The molecule has 0 radical (unpaired) electrons. The van der Waals surface area contributed by atoms with E-state index in [1.165, 1.54) is 13.0 Å². The summed E-state index contributed by atoms with van der Waals surface area (Å²) in [6.45, 7) is 10.4. The predicted molar refractivity (Wildman–Crippen MR) is 127 cm³/mol. The van der Waals surface area contributed by atoms with E-state index in [1.54, 1.807) is 6.07 Å². The van der Waals surface area contributed by atoms with E-state index < -0.39 is 17.8 Å². The molecular weight excluding hydrogens is 455 g/mol. The van der Waals surface area contributed by atoms with Gasteiger partial charge < -0.3 is 10.2 Å². The Morgan fingerprint density at radius 1 is 1.17 bits per heavy atom. The summed E-state index contributed by atoms with van der Waals surface area (Å²) in [6.07, 6.45) is -0.817. The average Bonchev–Trinajstić information content (AvgIpc) is 3.19. The number of nitrogens with zero attached hydrogens (tertiary/aromatic N) is 4. The number of hydrogen-bond acceptors (Lipinski definition) is 4. The Labute approximate surface area is 202 Å². The molecule has 0 bridgehead atoms. The van der Waals surface area contributed by atoms with E-state index in [-0.39, 0.29) is 22.8 Å². The topological polar surface area (TPSA) is 62.5 Å². The number of hydrogen-bond donors (Lipinski definition) is 1. The summed E-state index contributed by atoms with van der Waals surface area (Å²) in [4.78, 5) is 24.3. The number of halogens is 3. The molecule has 35 heavy (non-hydrogen) atoms. The molecule has 3 aromatic rings. The highest BCUT2D eigenvalue weighted by molar-refractivity contribution is 5.85. The highest BCUT2D eigenvalue weighted by atomic mass is 19.4. The number of anilines is 1. The summed E-state index contributed by atoms with van der Waals surface area (Å²) in [5.74, 6) is 1.44. The second-order valence-electron chi connectivity index (χ2n) is 10.5. The molecule has 5 rings (SSSR count). The van der Waals surface area contributed by atoms with Crippen LogP contribution in [0, 0.1) is 12.3 Å². The Kier molecular flexibility index (Phi) is 5.38. The number of amides is 1. The van der Waals surface area contributed by atoms with E-state index in [9.17, 15) is 18.0 Å². The number of alkyl halides is 3. The minimum atomic E-state index is -4.42. The summed E-state index contributed by atoms with van der Waals surface area (Å²) >= 11 is 0. The van der Waals surface area contributed by atoms with Crippen molar-refractivity contribution in [1.82, 2.24) is 19.3 Å². The van der Waals surface area contributed by atoms with Gasteiger partial charge in [0, 0.05) is 16.7 Å². The van der Waals surface area contributed by atoms with Crippen molar-refractivity contribution in [2.75, 3.05) is 5.32 Å². The van der Waals surface area contributed by atoms with E-state index in [2.05, 4.69) is 24.1 Å². The van der Waals surface area contributed by atoms with Crippen molar-refractivity contribution in [3.05, 3.63) is 58.0 Å². The molecule has 1 atom stereocenters. The third-order valence-electron chi connectivity index (χ3n) is 7.47. The minimum absolute atomic E-state index is 0.140. The SMILES string of the molecule is Cc1c(C(C)Nc2nc3ncc(C(C)C)n3c3c2CN(C(=O)C2(C)CC2)C3)cccc1C(F)(F)F. The molecule has 1 saturated carbocycles. The van der Waals surface area contributed by atoms with Crippen LogP contribution < -0.4 is 5.32 Å². The molecular formula is C26H30F3N5O. The lowest BCUT2D eigenvalue weighted by molar-refractivity contribution is -0.138. The van der Waals surface area contributed by atoms with E-state index in [1.807, 2.05) is 29.3 Å². The monoisotopic (exact) mass is 485 g/mol. The van der Waals surface area contributed by atoms with Crippen molar-refractivity contribution in [3.63, 3.8) is 0 Å². The number of rotatable bonds is 5. The van der Waals surface area contributed by atoms with E-state index in [0.29, 0.717) is 30.2 Å². The quantitative estimate of drug-likeness (QED) is 0.482. The molecule has 3 heterocycles. The van der Waals surface area contributed by atoms with Crippen LogP contribution in [0.4, 0.5) is 19.0 Å². The molecule has 1 amide bonds. The van der Waals surface area contributed by atoms with Crippen LogP contribution >= 0.6 is 0 Å². The second-order valence-corrected chi connectivity index (χ2v) is 10.5. The average molecular weight is 486 g/mol. The molecule has 1 aliphatic heterocycles. The van der Waals surface area contributed by atoms with Gasteiger partial charge in [0.25, 0.3) is 0 Å². The first-order valence-corrected chi connectivity index (χ1v) is 12.0. The lowest BCUT2D eigenvalue weighted by atomic mass is 9.97. The molecule has 1 fully saturated rings. The zero-order chi connectivity index (χ0) is 25.3. The molecule has 9 heteroatoms. The molecule has 1 N–H and O–H groups in total. The molecule has 1 aromatic carbocycles. The maximum absolute atomic E-state index is 13.5. The van der Waals surface area contributed by atoms with Crippen LogP contribution in [-0.2, 0) is 24.1 Å². The van der Waals surface area contributed by atoms with Crippen LogP contribution in [0.25, 0.3) is 5.78 Å². The Bertz CT molecular complexity index is 1320. The Balaban J connectivity index is 1.56. The van der Waals surface area contributed by atoms with Gasteiger partial charge in [0.2, 0.25) is 11.7 Å². The molecule has 1 aliphatic carbocycles. The van der Waals surface area contributed by atoms with Gasteiger partial charge >= 0.3 is 6.18 Å². The number of fused-ring (bicyclic) bond motifs is 3. The highest BCUT2D eigenvalue weighted by Crippen LogP contribution is 2.48. The van der Waals surface area contributed by atoms with Crippen LogP contribution in [0.5, 0.6) is 0 Å². The van der Waals surface area contributed by atoms with Crippen molar-refractivity contribution in [2.45, 2.75) is 78.7 Å². The molecule has 0 spiro atoms. The van der Waals surface area contributed by atoms with Crippen molar-refractivity contribution in [2.24, 2.45) is 5.41 Å². The molecule has 1 unspecified atom stereocenters. The second kappa shape index (κ2) is 7.96. The minimum Gasteiger partial charge on any atom is -0.363 e. The standard InChI is InChI=1S/C26H30F3N5O/c1-14(2)20-11-30-24-32-22(31-16(4)17-7-6-8-19(15(17)3)26(27,28)29)18-12-33(13-21(18)34(20)24)23(35)25(5)9-10-25/h6-8,11,14,16H,9-10,12-13H2,1-5H3,(H,30,31,32). The zero-order valence-corrected chi connectivity index (χ0v) is 20.6. The molecule has 0 saturated heterocycles. The van der Waals surface area contributed by atoms with Crippen molar-refractivity contribution in [1.29, 1.82) is 0 Å². The summed E-state index contributed by atoms with van der Waals surface area (Å²) < 4.78 is 42.5. The highest BCUT2D eigenvalue weighted by Gasteiger charge is 2.48. The molecule has 2 aliphatic rings. The van der Waals surface area contributed by atoms with Crippen molar-refractivity contribution < 1.29 is 18.0 Å². The lowest BCUT2D eigenvalue weighted by Crippen LogP contribution is -2.31. The van der Waals surface area contributed by atoms with Crippen molar-refractivity contribution in [3.8, 4) is 0 Å². The van der Waals surface area contributed by atoms with E-state index in [4.69, 9.17) is 4.98 Å². The number of nitrogens with one attached hydrogen (secondary N) is 1. The third-order valence-corrected chi connectivity index (χ3v) is 7.47. The third kappa shape index (κ3) is 3.94. The number of benzene rings is 1. The predicted octanol–water partition coefficient (Wildman–Crippen LogP) is 6.00. The van der Waals surface area contributed by atoms with E-state index >= 15 is 0 Å². The van der Waals surface area contributed by atoms with Gasteiger partial charge in [0.05, 0.1) is 36.6 Å². The lowest BCUT2D eigenvalue weighted by Gasteiger charge is -2.22. The van der Waals surface area contributed by atoms with Gasteiger partial charge in [-0.05, 0) is 49.8 Å². The van der Waals surface area contributed by atoms with Gasteiger partial charge in [0.1, 0.15) is 5.82 Å². The van der Waals surface area contributed by atoms with Crippen LogP contribution in [0.3, 0.4) is 0 Å². The largest absolute Gasteiger partial charge is 0.416 e. The smallest absolute Gasteiger partial charge is 0.363 e. The van der Waals surface area contributed by atoms with Crippen LogP contribution in [0.15, 0.2) is 24.4 Å². The van der Waals surface area contributed by atoms with Gasteiger partial charge in [-0.25, -0.2) is 4.98 Å². The summed E-state index contributed by atoms with van der Waals surface area (Å²) in [5.41, 5.74) is 2.69. The van der Waals surface area contributed by atoms with Gasteiger partial charge in [-0.15, -0.1) is 0 Å². The number of carbonyl (C=O) groups excluding carboxylic acids is 1.